The molecule has 0 saturated carbocycles. The summed E-state index contributed by atoms with van der Waals surface area (Å²) in [6.45, 7) is 10.3. The molecule has 0 spiro atoms. The summed E-state index contributed by atoms with van der Waals surface area (Å²) in [5, 5.41) is 20.8. The number of aliphatic hydroxyl groups excluding tert-OH is 2. The first kappa shape index (κ1) is 33.6. The Kier molecular flexibility index (Phi) is 11.0. The van der Waals surface area contributed by atoms with E-state index in [1.807, 2.05) is 112 Å². The van der Waals surface area contributed by atoms with E-state index in [0.29, 0.717) is 29.8 Å². The minimum absolute atomic E-state index is 0.122. The van der Waals surface area contributed by atoms with Crippen molar-refractivity contribution in [3.8, 4) is 0 Å². The molecule has 2 amide bonds. The monoisotopic (exact) mass is 610 g/mol. The molecule has 0 radical (unpaired) electrons. The zero-order valence-corrected chi connectivity index (χ0v) is 27.0. The van der Waals surface area contributed by atoms with Gasteiger partial charge in [0.1, 0.15) is 5.82 Å². The number of carbonyl (C=O) groups excluding carboxylic acids is 2. The Balaban J connectivity index is 1.54. The van der Waals surface area contributed by atoms with Crippen LogP contribution in [0.15, 0.2) is 91.3 Å². The van der Waals surface area contributed by atoms with Gasteiger partial charge in [-0.05, 0) is 82.7 Å². The van der Waals surface area contributed by atoms with Crippen molar-refractivity contribution in [1.82, 2.24) is 19.8 Å². The minimum Gasteiger partial charge on any atom is -0.395 e. The van der Waals surface area contributed by atoms with Crippen LogP contribution in [0.4, 0.5) is 0 Å². The number of carbonyl (C=O) groups is 2. The lowest BCUT2D eigenvalue weighted by Gasteiger charge is -2.39. The third-order valence-corrected chi connectivity index (χ3v) is 8.34. The molecule has 1 unspecified atom stereocenters. The fourth-order valence-electron chi connectivity index (χ4n) is 5.72. The normalized spacial score (nSPS) is 12.5. The molecule has 45 heavy (non-hydrogen) atoms. The molecule has 0 saturated heterocycles. The highest BCUT2D eigenvalue weighted by Gasteiger charge is 2.35. The number of imidazole rings is 1. The van der Waals surface area contributed by atoms with Gasteiger partial charge in [0.15, 0.2) is 0 Å². The van der Waals surface area contributed by atoms with Gasteiger partial charge >= 0.3 is 0 Å². The zero-order valence-electron chi connectivity index (χ0n) is 27.0. The highest BCUT2D eigenvalue weighted by molar-refractivity contribution is 5.97. The van der Waals surface area contributed by atoms with Gasteiger partial charge in [-0.2, -0.15) is 0 Å². The van der Waals surface area contributed by atoms with Gasteiger partial charge < -0.3 is 25.0 Å². The second-order valence-electron chi connectivity index (χ2n) is 12.9. The summed E-state index contributed by atoms with van der Waals surface area (Å²) in [7, 11) is 0. The van der Waals surface area contributed by atoms with Crippen LogP contribution in [0.3, 0.4) is 0 Å². The Morgan fingerprint density at radius 1 is 0.822 bits per heavy atom. The number of aromatic nitrogens is 2. The molecule has 0 bridgehead atoms. The summed E-state index contributed by atoms with van der Waals surface area (Å²) in [5.41, 5.74) is 2.60. The van der Waals surface area contributed by atoms with E-state index in [4.69, 9.17) is 0 Å². The van der Waals surface area contributed by atoms with Gasteiger partial charge in [-0.15, -0.1) is 0 Å². The SMILES string of the molecule is CC(C)(C)N(CCO)C(=O)c1ccccc1CCC(O)Cc1ccccc1C(=O)N(Cc1ncc[nH]1)C(C)(C)c1ccccc1. The molecule has 238 valence electrons. The van der Waals surface area contributed by atoms with E-state index in [1.54, 1.807) is 23.4 Å². The first-order chi connectivity index (χ1) is 21.4. The fraction of sp³-hybridized carbons (Fsp3) is 0.378. The van der Waals surface area contributed by atoms with Gasteiger partial charge in [-0.3, -0.25) is 9.59 Å². The molecular formula is C37H46N4O4. The lowest BCUT2D eigenvalue weighted by atomic mass is 9.90. The second-order valence-corrected chi connectivity index (χ2v) is 12.9. The largest absolute Gasteiger partial charge is 0.395 e. The summed E-state index contributed by atoms with van der Waals surface area (Å²) in [4.78, 5) is 38.9. The molecule has 8 heteroatoms. The standard InChI is InChI=1S/C37H46N4O4/c1-36(2,3)40(23-24-42)34(44)31-17-11-9-13-27(31)19-20-30(43)25-28-14-10-12-18-32(28)35(45)41(26-33-38-21-22-39-33)37(4,5)29-15-7-6-8-16-29/h6-18,21-22,30,42-43H,19-20,23-26H2,1-5H3,(H,38,39). The molecule has 4 rings (SSSR count). The smallest absolute Gasteiger partial charge is 0.255 e. The van der Waals surface area contributed by atoms with Crippen molar-refractivity contribution in [2.75, 3.05) is 13.2 Å². The molecular weight excluding hydrogens is 564 g/mol. The molecule has 8 nitrogen and oxygen atoms in total. The molecule has 3 aromatic carbocycles. The number of hydrogen-bond acceptors (Lipinski definition) is 5. The molecule has 0 aliphatic carbocycles. The highest BCUT2D eigenvalue weighted by Crippen LogP contribution is 2.31. The van der Waals surface area contributed by atoms with Gasteiger partial charge in [-0.25, -0.2) is 4.98 Å². The number of aliphatic hydroxyl groups is 2. The van der Waals surface area contributed by atoms with E-state index in [-0.39, 0.29) is 37.9 Å². The van der Waals surface area contributed by atoms with Crippen LogP contribution < -0.4 is 0 Å². The topological polar surface area (TPSA) is 110 Å². The molecule has 1 atom stereocenters. The number of H-pyrrole nitrogens is 1. The third kappa shape index (κ3) is 8.26. The molecule has 1 aromatic heterocycles. The summed E-state index contributed by atoms with van der Waals surface area (Å²) in [6, 6.07) is 24.8. The molecule has 4 aromatic rings. The Hall–Kier alpha value is -4.27. The van der Waals surface area contributed by atoms with E-state index in [2.05, 4.69) is 9.97 Å². The lowest BCUT2D eigenvalue weighted by molar-refractivity contribution is 0.0501. The Labute approximate surface area is 266 Å². The van der Waals surface area contributed by atoms with Crippen molar-refractivity contribution < 1.29 is 19.8 Å². The van der Waals surface area contributed by atoms with Crippen molar-refractivity contribution in [3.05, 3.63) is 125 Å². The van der Waals surface area contributed by atoms with Crippen LogP contribution in [0.2, 0.25) is 0 Å². The van der Waals surface area contributed by atoms with Crippen molar-refractivity contribution >= 4 is 11.8 Å². The van der Waals surface area contributed by atoms with Crippen molar-refractivity contribution in [2.24, 2.45) is 0 Å². The number of β-amino-alcohol motifs (C(OH)–C–C–N with tert-alkyl or cyclic N) is 1. The third-order valence-electron chi connectivity index (χ3n) is 8.34. The predicted molar refractivity (Wildman–Crippen MR) is 177 cm³/mol. The van der Waals surface area contributed by atoms with Crippen LogP contribution in [0.1, 0.15) is 84.3 Å². The number of benzene rings is 3. The van der Waals surface area contributed by atoms with E-state index in [0.717, 1.165) is 16.7 Å². The van der Waals surface area contributed by atoms with E-state index in [9.17, 15) is 19.8 Å². The maximum absolute atomic E-state index is 14.3. The lowest BCUT2D eigenvalue weighted by Crippen LogP contribution is -2.47. The number of rotatable bonds is 13. The van der Waals surface area contributed by atoms with Crippen molar-refractivity contribution in [3.63, 3.8) is 0 Å². The number of aromatic amines is 1. The number of nitrogens with zero attached hydrogens (tertiary/aromatic N) is 3. The number of aryl methyl sites for hydroxylation is 1. The summed E-state index contributed by atoms with van der Waals surface area (Å²) in [5.74, 6) is 0.391. The van der Waals surface area contributed by atoms with E-state index >= 15 is 0 Å². The summed E-state index contributed by atoms with van der Waals surface area (Å²) in [6.07, 6.45) is 3.87. The number of amides is 2. The van der Waals surface area contributed by atoms with Gasteiger partial charge in [0.05, 0.1) is 24.8 Å². The summed E-state index contributed by atoms with van der Waals surface area (Å²) >= 11 is 0. The molecule has 0 aliphatic rings. The van der Waals surface area contributed by atoms with Crippen LogP contribution in [-0.2, 0) is 24.9 Å². The van der Waals surface area contributed by atoms with Gasteiger partial charge in [0.25, 0.3) is 11.8 Å². The summed E-state index contributed by atoms with van der Waals surface area (Å²) < 4.78 is 0. The van der Waals surface area contributed by atoms with Crippen LogP contribution in [0, 0.1) is 0 Å². The van der Waals surface area contributed by atoms with E-state index in [1.165, 1.54) is 0 Å². The van der Waals surface area contributed by atoms with Crippen molar-refractivity contribution in [1.29, 1.82) is 0 Å². The first-order valence-corrected chi connectivity index (χ1v) is 15.6. The van der Waals surface area contributed by atoms with Gasteiger partial charge in [0, 0.05) is 35.6 Å². The van der Waals surface area contributed by atoms with Gasteiger partial charge in [-0.1, -0.05) is 66.7 Å². The molecule has 1 heterocycles. The van der Waals surface area contributed by atoms with Crippen LogP contribution in [0.5, 0.6) is 0 Å². The fourth-order valence-corrected chi connectivity index (χ4v) is 5.72. The van der Waals surface area contributed by atoms with Crippen LogP contribution in [0.25, 0.3) is 0 Å². The van der Waals surface area contributed by atoms with E-state index < -0.39 is 17.2 Å². The average molecular weight is 611 g/mol. The Bertz CT molecular complexity index is 1540. The molecule has 0 fully saturated rings. The molecule has 0 aliphatic heterocycles. The quantitative estimate of drug-likeness (QED) is 0.178. The Morgan fingerprint density at radius 2 is 1.40 bits per heavy atom. The van der Waals surface area contributed by atoms with Gasteiger partial charge in [0.2, 0.25) is 0 Å². The number of nitrogens with one attached hydrogen (secondary N) is 1. The maximum atomic E-state index is 14.3. The predicted octanol–water partition coefficient (Wildman–Crippen LogP) is 5.76. The Morgan fingerprint density at radius 3 is 2.00 bits per heavy atom. The maximum Gasteiger partial charge on any atom is 0.255 e. The molecule has 3 N–H and O–H groups in total. The van der Waals surface area contributed by atoms with Crippen molar-refractivity contribution in [2.45, 2.75) is 77.6 Å². The first-order valence-electron chi connectivity index (χ1n) is 15.6. The number of hydrogen-bond donors (Lipinski definition) is 3. The minimum atomic E-state index is -0.737. The highest BCUT2D eigenvalue weighted by atomic mass is 16.3. The van der Waals surface area contributed by atoms with Crippen LogP contribution in [-0.4, -0.2) is 66.6 Å². The van der Waals surface area contributed by atoms with Crippen LogP contribution >= 0.6 is 0 Å². The second kappa shape index (κ2) is 14.7. The zero-order chi connectivity index (χ0) is 32.6. The average Bonchev–Trinajstić information content (AvgIpc) is 3.54.